The summed E-state index contributed by atoms with van der Waals surface area (Å²) < 4.78 is 3.83. The fourth-order valence-corrected chi connectivity index (χ4v) is 1.80. The SMILES string of the molecule is CC(O)CCNc1snc(N)c1C(N)=O. The molecular formula is C8H14N4O2S. The summed E-state index contributed by atoms with van der Waals surface area (Å²) in [5.74, 6) is -0.451. The van der Waals surface area contributed by atoms with E-state index in [2.05, 4.69) is 9.69 Å². The van der Waals surface area contributed by atoms with Gasteiger partial charge in [-0.25, -0.2) is 0 Å². The maximum Gasteiger partial charge on any atom is 0.255 e. The van der Waals surface area contributed by atoms with Crippen molar-refractivity contribution in [3.05, 3.63) is 5.56 Å². The number of nitrogens with zero attached hydrogens (tertiary/aromatic N) is 1. The van der Waals surface area contributed by atoms with Gasteiger partial charge in [0.25, 0.3) is 5.91 Å². The molecule has 0 saturated heterocycles. The van der Waals surface area contributed by atoms with E-state index in [1.54, 1.807) is 6.92 Å². The molecule has 6 N–H and O–H groups in total. The van der Waals surface area contributed by atoms with E-state index >= 15 is 0 Å². The number of carbonyl (C=O) groups excluding carboxylic acids is 1. The molecule has 84 valence electrons. The Bertz CT molecular complexity index is 350. The summed E-state index contributed by atoms with van der Waals surface area (Å²) in [5.41, 5.74) is 10.9. The topological polar surface area (TPSA) is 114 Å². The number of anilines is 2. The predicted octanol–water partition coefficient (Wildman–Crippen LogP) is 0.00700. The summed E-state index contributed by atoms with van der Waals surface area (Å²) in [5, 5.41) is 12.6. The van der Waals surface area contributed by atoms with E-state index in [-0.39, 0.29) is 17.5 Å². The first-order valence-corrected chi connectivity index (χ1v) is 5.26. The summed E-state index contributed by atoms with van der Waals surface area (Å²) >= 11 is 1.09. The van der Waals surface area contributed by atoms with Gasteiger partial charge in [0.15, 0.2) is 5.82 Å². The number of rotatable bonds is 5. The quantitative estimate of drug-likeness (QED) is 0.568. The lowest BCUT2D eigenvalue weighted by molar-refractivity contribution is 0.100. The molecule has 0 aliphatic carbocycles. The molecule has 1 rings (SSSR count). The molecule has 1 amide bonds. The van der Waals surface area contributed by atoms with Gasteiger partial charge in [-0.05, 0) is 24.9 Å². The fourth-order valence-electron chi connectivity index (χ4n) is 1.06. The maximum absolute atomic E-state index is 11.0. The van der Waals surface area contributed by atoms with E-state index in [4.69, 9.17) is 16.6 Å². The van der Waals surface area contributed by atoms with Gasteiger partial charge in [0, 0.05) is 6.54 Å². The first-order valence-electron chi connectivity index (χ1n) is 4.49. The molecule has 1 aromatic heterocycles. The van der Waals surface area contributed by atoms with Gasteiger partial charge < -0.3 is 21.9 Å². The summed E-state index contributed by atoms with van der Waals surface area (Å²) in [6, 6.07) is 0. The lowest BCUT2D eigenvalue weighted by Crippen LogP contribution is -2.16. The number of aromatic nitrogens is 1. The third kappa shape index (κ3) is 3.07. The minimum Gasteiger partial charge on any atom is -0.393 e. The molecule has 0 saturated carbocycles. The Morgan fingerprint density at radius 1 is 1.73 bits per heavy atom. The van der Waals surface area contributed by atoms with Crippen molar-refractivity contribution in [1.82, 2.24) is 4.37 Å². The number of aliphatic hydroxyl groups excluding tert-OH is 1. The molecule has 0 spiro atoms. The smallest absolute Gasteiger partial charge is 0.255 e. The number of hydrogen-bond acceptors (Lipinski definition) is 6. The Hall–Kier alpha value is -1.34. The van der Waals surface area contributed by atoms with Crippen LogP contribution in [0.15, 0.2) is 0 Å². The second-order valence-corrected chi connectivity index (χ2v) is 3.97. The molecule has 0 aliphatic heterocycles. The van der Waals surface area contributed by atoms with Gasteiger partial charge >= 0.3 is 0 Å². The predicted molar refractivity (Wildman–Crippen MR) is 59.8 cm³/mol. The third-order valence-electron chi connectivity index (χ3n) is 1.81. The first-order chi connectivity index (χ1) is 7.02. The van der Waals surface area contributed by atoms with Gasteiger partial charge in [-0.2, -0.15) is 4.37 Å². The Morgan fingerprint density at radius 3 is 2.93 bits per heavy atom. The number of nitrogens with one attached hydrogen (secondary N) is 1. The van der Waals surface area contributed by atoms with Crippen molar-refractivity contribution in [1.29, 1.82) is 0 Å². The van der Waals surface area contributed by atoms with Crippen molar-refractivity contribution < 1.29 is 9.90 Å². The van der Waals surface area contributed by atoms with E-state index in [1.807, 2.05) is 0 Å². The molecule has 1 unspecified atom stereocenters. The summed E-state index contributed by atoms with van der Waals surface area (Å²) in [7, 11) is 0. The first kappa shape index (κ1) is 11.7. The highest BCUT2D eigenvalue weighted by Gasteiger charge is 2.16. The molecule has 0 aromatic carbocycles. The normalized spacial score (nSPS) is 12.4. The summed E-state index contributed by atoms with van der Waals surface area (Å²) in [4.78, 5) is 11.0. The van der Waals surface area contributed by atoms with E-state index in [0.717, 1.165) is 11.5 Å². The maximum atomic E-state index is 11.0. The van der Waals surface area contributed by atoms with Gasteiger partial charge in [0.1, 0.15) is 10.6 Å². The van der Waals surface area contributed by atoms with Crippen LogP contribution in [0.3, 0.4) is 0 Å². The highest BCUT2D eigenvalue weighted by atomic mass is 32.1. The van der Waals surface area contributed by atoms with Gasteiger partial charge in [-0.15, -0.1) is 0 Å². The highest BCUT2D eigenvalue weighted by Crippen LogP contribution is 2.25. The van der Waals surface area contributed by atoms with E-state index in [0.29, 0.717) is 18.0 Å². The third-order valence-corrected chi connectivity index (χ3v) is 2.63. The molecule has 6 nitrogen and oxygen atoms in total. The molecule has 15 heavy (non-hydrogen) atoms. The Kier molecular flexibility index (Phi) is 3.87. The number of aliphatic hydroxyl groups is 1. The Morgan fingerprint density at radius 2 is 2.40 bits per heavy atom. The van der Waals surface area contributed by atoms with Crippen molar-refractivity contribution in [2.45, 2.75) is 19.4 Å². The van der Waals surface area contributed by atoms with Gasteiger partial charge in [-0.1, -0.05) is 0 Å². The Labute approximate surface area is 91.4 Å². The average molecular weight is 230 g/mol. The zero-order valence-electron chi connectivity index (χ0n) is 8.36. The van der Waals surface area contributed by atoms with E-state index < -0.39 is 5.91 Å². The largest absolute Gasteiger partial charge is 0.393 e. The average Bonchev–Trinajstić information content (AvgIpc) is 2.46. The fraction of sp³-hybridized carbons (Fsp3) is 0.500. The number of hydrogen-bond donors (Lipinski definition) is 4. The molecule has 0 bridgehead atoms. The van der Waals surface area contributed by atoms with E-state index in [1.165, 1.54) is 0 Å². The lowest BCUT2D eigenvalue weighted by atomic mass is 10.2. The Balaban J connectivity index is 2.65. The van der Waals surface area contributed by atoms with Crippen molar-refractivity contribution in [2.24, 2.45) is 5.73 Å². The molecule has 1 atom stereocenters. The van der Waals surface area contributed by atoms with Crippen LogP contribution in [-0.4, -0.2) is 28.0 Å². The van der Waals surface area contributed by atoms with Crippen LogP contribution in [-0.2, 0) is 0 Å². The molecule has 0 radical (unpaired) electrons. The van der Waals surface area contributed by atoms with Crippen molar-refractivity contribution in [3.63, 3.8) is 0 Å². The molecule has 0 aliphatic rings. The van der Waals surface area contributed by atoms with Crippen molar-refractivity contribution in [2.75, 3.05) is 17.6 Å². The molecule has 0 fully saturated rings. The number of carbonyl (C=O) groups is 1. The van der Waals surface area contributed by atoms with Crippen LogP contribution in [0.25, 0.3) is 0 Å². The van der Waals surface area contributed by atoms with Gasteiger partial charge in [0.2, 0.25) is 0 Å². The van der Waals surface area contributed by atoms with Crippen LogP contribution < -0.4 is 16.8 Å². The molecule has 7 heteroatoms. The number of primary amides is 1. The van der Waals surface area contributed by atoms with Crippen LogP contribution in [0.4, 0.5) is 10.8 Å². The van der Waals surface area contributed by atoms with Gasteiger partial charge in [-0.3, -0.25) is 4.79 Å². The lowest BCUT2D eigenvalue weighted by Gasteiger charge is -2.06. The standard InChI is InChI=1S/C8H14N4O2S/c1-4(13)2-3-11-8-5(7(10)14)6(9)12-15-8/h4,11,13H,2-3H2,1H3,(H2,9,12)(H2,10,14). The molecule has 1 aromatic rings. The minimum atomic E-state index is -0.596. The van der Waals surface area contributed by atoms with E-state index in [9.17, 15) is 4.79 Å². The number of nitrogen functional groups attached to an aromatic ring is 1. The van der Waals surface area contributed by atoms with Crippen molar-refractivity contribution in [3.8, 4) is 0 Å². The van der Waals surface area contributed by atoms with Crippen molar-refractivity contribution >= 4 is 28.3 Å². The zero-order valence-corrected chi connectivity index (χ0v) is 9.17. The van der Waals surface area contributed by atoms with Crippen LogP contribution in [0.2, 0.25) is 0 Å². The molecule has 1 heterocycles. The zero-order chi connectivity index (χ0) is 11.4. The molecular weight excluding hydrogens is 216 g/mol. The minimum absolute atomic E-state index is 0.145. The van der Waals surface area contributed by atoms with Crippen LogP contribution in [0.5, 0.6) is 0 Å². The summed E-state index contributed by atoms with van der Waals surface area (Å²) in [6.07, 6.45) is 0.190. The van der Waals surface area contributed by atoms with Crippen LogP contribution in [0, 0.1) is 0 Å². The van der Waals surface area contributed by atoms with Gasteiger partial charge in [0.05, 0.1) is 6.10 Å². The number of nitrogens with two attached hydrogens (primary N) is 2. The van der Waals surface area contributed by atoms with Crippen LogP contribution in [0.1, 0.15) is 23.7 Å². The summed E-state index contributed by atoms with van der Waals surface area (Å²) in [6.45, 7) is 2.23. The second kappa shape index (κ2) is 4.94. The monoisotopic (exact) mass is 230 g/mol. The highest BCUT2D eigenvalue weighted by molar-refractivity contribution is 7.11. The second-order valence-electron chi connectivity index (χ2n) is 3.20. The van der Waals surface area contributed by atoms with Crippen LogP contribution >= 0.6 is 11.5 Å². The number of amides is 1.